The van der Waals surface area contributed by atoms with Crippen LogP contribution >= 0.6 is 0 Å². The number of methoxy groups -OCH3 is 1. The first-order valence-electron chi connectivity index (χ1n) is 6.49. The largest absolute Gasteiger partial charge is 0.497 e. The Hall–Kier alpha value is -2.63. The molecule has 2 rings (SSSR count). The summed E-state index contributed by atoms with van der Waals surface area (Å²) in [6, 6.07) is 7.33. The first kappa shape index (κ1) is 14.8. The second-order valence-corrected chi connectivity index (χ2v) is 4.26. The number of ether oxygens (including phenoxy) is 1. The fourth-order valence-corrected chi connectivity index (χ4v) is 1.77. The standard InChI is InChI=1S/C15H16FN3O2/c1-3-17-14-8-10(6-7-18-14)15(20)19-13-9-11(21-2)4-5-12(13)16/h4-9H,3H2,1-2H3,(H,17,18)(H,19,20). The number of hydrogen-bond acceptors (Lipinski definition) is 4. The lowest BCUT2D eigenvalue weighted by atomic mass is 10.2. The van der Waals surface area contributed by atoms with Crippen molar-refractivity contribution < 1.29 is 13.9 Å². The first-order valence-corrected chi connectivity index (χ1v) is 6.49. The SMILES string of the molecule is CCNc1cc(C(=O)Nc2cc(OC)ccc2F)ccn1. The van der Waals surface area contributed by atoms with E-state index in [0.29, 0.717) is 23.7 Å². The van der Waals surface area contributed by atoms with Crippen molar-refractivity contribution in [1.29, 1.82) is 0 Å². The molecule has 1 aromatic carbocycles. The summed E-state index contributed by atoms with van der Waals surface area (Å²) in [5.41, 5.74) is 0.462. The zero-order valence-corrected chi connectivity index (χ0v) is 11.8. The van der Waals surface area contributed by atoms with Crippen LogP contribution in [0.25, 0.3) is 0 Å². The lowest BCUT2D eigenvalue weighted by Gasteiger charge is -2.09. The van der Waals surface area contributed by atoms with Crippen LogP contribution < -0.4 is 15.4 Å². The minimum absolute atomic E-state index is 0.0705. The molecule has 0 fully saturated rings. The Kier molecular flexibility index (Phi) is 4.71. The highest BCUT2D eigenvalue weighted by molar-refractivity contribution is 6.04. The number of carbonyl (C=O) groups excluding carboxylic acids is 1. The van der Waals surface area contributed by atoms with E-state index >= 15 is 0 Å². The van der Waals surface area contributed by atoms with Crippen LogP contribution in [0.2, 0.25) is 0 Å². The molecular weight excluding hydrogens is 273 g/mol. The van der Waals surface area contributed by atoms with E-state index in [0.717, 1.165) is 0 Å². The van der Waals surface area contributed by atoms with Gasteiger partial charge in [0.2, 0.25) is 0 Å². The average molecular weight is 289 g/mol. The van der Waals surface area contributed by atoms with E-state index in [9.17, 15) is 9.18 Å². The van der Waals surface area contributed by atoms with Crippen molar-refractivity contribution in [2.24, 2.45) is 0 Å². The molecule has 0 saturated carbocycles. The van der Waals surface area contributed by atoms with Gasteiger partial charge in [-0.3, -0.25) is 4.79 Å². The number of anilines is 2. The molecule has 21 heavy (non-hydrogen) atoms. The van der Waals surface area contributed by atoms with Crippen LogP contribution in [0.3, 0.4) is 0 Å². The second kappa shape index (κ2) is 6.69. The van der Waals surface area contributed by atoms with Crippen molar-refractivity contribution in [1.82, 2.24) is 4.98 Å². The maximum atomic E-state index is 13.7. The summed E-state index contributed by atoms with van der Waals surface area (Å²) >= 11 is 0. The monoisotopic (exact) mass is 289 g/mol. The van der Waals surface area contributed by atoms with Crippen molar-refractivity contribution in [2.45, 2.75) is 6.92 Å². The Balaban J connectivity index is 2.19. The maximum absolute atomic E-state index is 13.7. The summed E-state index contributed by atoms with van der Waals surface area (Å²) in [5.74, 6) is 0.125. The van der Waals surface area contributed by atoms with E-state index in [1.807, 2.05) is 6.92 Å². The van der Waals surface area contributed by atoms with Gasteiger partial charge in [0.15, 0.2) is 0 Å². The molecule has 6 heteroatoms. The van der Waals surface area contributed by atoms with E-state index in [1.54, 1.807) is 12.1 Å². The quantitative estimate of drug-likeness (QED) is 0.888. The molecule has 0 atom stereocenters. The molecule has 0 bridgehead atoms. The van der Waals surface area contributed by atoms with Gasteiger partial charge in [-0.2, -0.15) is 0 Å². The van der Waals surface area contributed by atoms with Gasteiger partial charge in [-0.05, 0) is 31.2 Å². The summed E-state index contributed by atoms with van der Waals surface area (Å²) in [6.45, 7) is 2.63. The normalized spacial score (nSPS) is 10.0. The molecule has 110 valence electrons. The fourth-order valence-electron chi connectivity index (χ4n) is 1.77. The van der Waals surface area contributed by atoms with E-state index in [4.69, 9.17) is 4.74 Å². The van der Waals surface area contributed by atoms with Gasteiger partial charge < -0.3 is 15.4 Å². The number of nitrogens with one attached hydrogen (secondary N) is 2. The van der Waals surface area contributed by atoms with E-state index in [1.165, 1.54) is 31.5 Å². The second-order valence-electron chi connectivity index (χ2n) is 4.26. The van der Waals surface area contributed by atoms with Crippen molar-refractivity contribution in [3.63, 3.8) is 0 Å². The average Bonchev–Trinajstić information content (AvgIpc) is 2.50. The molecule has 0 saturated heterocycles. The number of carbonyl (C=O) groups is 1. The summed E-state index contributed by atoms with van der Waals surface area (Å²) in [6.07, 6.45) is 1.52. The number of benzene rings is 1. The Labute approximate surface area is 122 Å². The zero-order valence-electron chi connectivity index (χ0n) is 11.8. The lowest BCUT2D eigenvalue weighted by molar-refractivity contribution is 0.102. The highest BCUT2D eigenvalue weighted by Gasteiger charge is 2.11. The Morgan fingerprint density at radius 3 is 2.86 bits per heavy atom. The van der Waals surface area contributed by atoms with Crippen LogP contribution in [0, 0.1) is 5.82 Å². The highest BCUT2D eigenvalue weighted by Crippen LogP contribution is 2.21. The van der Waals surface area contributed by atoms with Crippen LogP contribution in [0.4, 0.5) is 15.9 Å². The molecule has 1 heterocycles. The Morgan fingerprint density at radius 2 is 2.14 bits per heavy atom. The van der Waals surface area contributed by atoms with Crippen molar-refractivity contribution in [2.75, 3.05) is 24.3 Å². The minimum atomic E-state index is -0.523. The number of rotatable bonds is 5. The summed E-state index contributed by atoms with van der Waals surface area (Å²) in [4.78, 5) is 16.2. The van der Waals surface area contributed by atoms with Crippen LogP contribution in [0.1, 0.15) is 17.3 Å². The van der Waals surface area contributed by atoms with E-state index in [-0.39, 0.29) is 5.69 Å². The van der Waals surface area contributed by atoms with Gasteiger partial charge >= 0.3 is 0 Å². The minimum Gasteiger partial charge on any atom is -0.497 e. The highest BCUT2D eigenvalue weighted by atomic mass is 19.1. The fraction of sp³-hybridized carbons (Fsp3) is 0.200. The van der Waals surface area contributed by atoms with Gasteiger partial charge in [0, 0.05) is 24.4 Å². The van der Waals surface area contributed by atoms with Crippen LogP contribution in [0.5, 0.6) is 5.75 Å². The van der Waals surface area contributed by atoms with E-state index < -0.39 is 11.7 Å². The molecule has 5 nitrogen and oxygen atoms in total. The van der Waals surface area contributed by atoms with Crippen LogP contribution in [0.15, 0.2) is 36.5 Å². The number of aromatic nitrogens is 1. The number of halogens is 1. The van der Waals surface area contributed by atoms with Gasteiger partial charge in [-0.1, -0.05) is 0 Å². The van der Waals surface area contributed by atoms with Crippen molar-refractivity contribution >= 4 is 17.4 Å². The number of hydrogen-bond donors (Lipinski definition) is 2. The number of nitrogens with zero attached hydrogens (tertiary/aromatic N) is 1. The predicted octanol–water partition coefficient (Wildman–Crippen LogP) is 2.91. The topological polar surface area (TPSA) is 63.2 Å². The molecule has 2 aromatic rings. The van der Waals surface area contributed by atoms with Crippen molar-refractivity contribution in [3.05, 3.63) is 47.9 Å². The molecule has 0 spiro atoms. The zero-order chi connectivity index (χ0) is 15.2. The third kappa shape index (κ3) is 3.68. The molecule has 0 aliphatic rings. The summed E-state index contributed by atoms with van der Waals surface area (Å²) in [5, 5.41) is 5.53. The van der Waals surface area contributed by atoms with E-state index in [2.05, 4.69) is 15.6 Å². The smallest absolute Gasteiger partial charge is 0.255 e. The predicted molar refractivity (Wildman–Crippen MR) is 79.3 cm³/mol. The summed E-state index contributed by atoms with van der Waals surface area (Å²) in [7, 11) is 1.48. The van der Waals surface area contributed by atoms with Gasteiger partial charge in [0.05, 0.1) is 12.8 Å². The van der Waals surface area contributed by atoms with Gasteiger partial charge in [-0.25, -0.2) is 9.37 Å². The van der Waals surface area contributed by atoms with Gasteiger partial charge in [-0.15, -0.1) is 0 Å². The Bertz CT molecular complexity index is 647. The molecule has 1 aromatic heterocycles. The molecule has 2 N–H and O–H groups in total. The molecule has 1 amide bonds. The molecule has 0 unspecified atom stereocenters. The maximum Gasteiger partial charge on any atom is 0.255 e. The van der Waals surface area contributed by atoms with Gasteiger partial charge in [0.1, 0.15) is 17.4 Å². The Morgan fingerprint density at radius 1 is 1.33 bits per heavy atom. The summed E-state index contributed by atoms with van der Waals surface area (Å²) < 4.78 is 18.7. The van der Waals surface area contributed by atoms with Crippen LogP contribution in [-0.2, 0) is 0 Å². The number of pyridine rings is 1. The molecule has 0 aliphatic heterocycles. The third-order valence-electron chi connectivity index (χ3n) is 2.80. The molecule has 0 radical (unpaired) electrons. The first-order chi connectivity index (χ1) is 10.1. The van der Waals surface area contributed by atoms with Crippen molar-refractivity contribution in [3.8, 4) is 5.75 Å². The molecule has 0 aliphatic carbocycles. The molecular formula is C15H16FN3O2. The van der Waals surface area contributed by atoms with Crippen LogP contribution in [-0.4, -0.2) is 24.5 Å². The third-order valence-corrected chi connectivity index (χ3v) is 2.80. The van der Waals surface area contributed by atoms with Gasteiger partial charge in [0.25, 0.3) is 5.91 Å². The lowest BCUT2D eigenvalue weighted by Crippen LogP contribution is -2.14. The number of amides is 1.